The van der Waals surface area contributed by atoms with Gasteiger partial charge in [-0.15, -0.1) is 0 Å². The maximum Gasteiger partial charge on any atom is 0.0583 e. The summed E-state index contributed by atoms with van der Waals surface area (Å²) in [6.07, 6.45) is 4.70. The lowest BCUT2D eigenvalue weighted by Crippen LogP contribution is -2.45. The first-order valence-corrected chi connectivity index (χ1v) is 8.63. The van der Waals surface area contributed by atoms with Crippen LogP contribution in [0, 0.1) is 17.3 Å². The summed E-state index contributed by atoms with van der Waals surface area (Å²) in [6.45, 7) is 13.8. The normalized spacial score (nSPS) is 31.2. The van der Waals surface area contributed by atoms with E-state index in [-0.39, 0.29) is 6.10 Å². The minimum atomic E-state index is -0.0311. The average Bonchev–Trinajstić information content (AvgIpc) is 2.97. The van der Waals surface area contributed by atoms with Crippen molar-refractivity contribution < 1.29 is 5.11 Å². The smallest absolute Gasteiger partial charge is 0.0583 e. The Hall–Kier alpha value is -0.120. The van der Waals surface area contributed by atoms with Crippen LogP contribution in [0.5, 0.6) is 0 Å². The molecule has 20 heavy (non-hydrogen) atoms. The van der Waals surface area contributed by atoms with Crippen molar-refractivity contribution in [3.05, 3.63) is 0 Å². The highest BCUT2D eigenvalue weighted by atomic mass is 16.3. The average molecular weight is 282 g/mol. The van der Waals surface area contributed by atoms with Gasteiger partial charge in [0.05, 0.1) is 6.10 Å². The van der Waals surface area contributed by atoms with Crippen LogP contribution in [0.1, 0.15) is 53.4 Å². The fourth-order valence-electron chi connectivity index (χ4n) is 4.13. The minimum Gasteiger partial charge on any atom is -0.393 e. The van der Waals surface area contributed by atoms with E-state index in [0.717, 1.165) is 25.4 Å². The molecule has 2 N–H and O–H groups in total. The number of fused-ring (bicyclic) bond motifs is 1. The Bertz CT molecular complexity index is 301. The van der Waals surface area contributed by atoms with Gasteiger partial charge in [-0.1, -0.05) is 27.7 Å². The number of rotatable bonds is 7. The Kier molecular flexibility index (Phi) is 5.49. The van der Waals surface area contributed by atoms with Crippen LogP contribution in [-0.2, 0) is 0 Å². The number of hydrogen-bond donors (Lipinski definition) is 2. The van der Waals surface area contributed by atoms with Gasteiger partial charge in [0, 0.05) is 38.1 Å². The molecule has 3 nitrogen and oxygen atoms in total. The summed E-state index contributed by atoms with van der Waals surface area (Å²) < 4.78 is 0. The second-order valence-corrected chi connectivity index (χ2v) is 7.51. The first-order valence-electron chi connectivity index (χ1n) is 8.63. The number of nitrogens with zero attached hydrogens (tertiary/aromatic N) is 1. The van der Waals surface area contributed by atoms with Gasteiger partial charge in [-0.2, -0.15) is 0 Å². The number of aliphatic hydroxyl groups excluding tert-OH is 1. The maximum atomic E-state index is 10.1. The van der Waals surface area contributed by atoms with E-state index in [1.165, 1.54) is 32.4 Å². The van der Waals surface area contributed by atoms with E-state index >= 15 is 0 Å². The van der Waals surface area contributed by atoms with E-state index in [0.29, 0.717) is 17.4 Å². The molecular formula is C17H34N2O. The van der Waals surface area contributed by atoms with E-state index in [1.807, 2.05) is 0 Å². The second kappa shape index (κ2) is 6.76. The van der Waals surface area contributed by atoms with Crippen LogP contribution in [-0.4, -0.2) is 48.3 Å². The van der Waals surface area contributed by atoms with Crippen LogP contribution < -0.4 is 5.32 Å². The van der Waals surface area contributed by atoms with E-state index in [4.69, 9.17) is 0 Å². The molecule has 2 rings (SSSR count). The predicted octanol–water partition coefficient (Wildman–Crippen LogP) is 2.49. The number of hydrogen-bond acceptors (Lipinski definition) is 3. The molecule has 2 fully saturated rings. The number of aliphatic hydroxyl groups is 1. The van der Waals surface area contributed by atoms with Crippen molar-refractivity contribution in [3.63, 3.8) is 0 Å². The molecule has 118 valence electrons. The zero-order valence-electron chi connectivity index (χ0n) is 13.9. The Labute approximate surface area is 125 Å². The van der Waals surface area contributed by atoms with Crippen molar-refractivity contribution in [1.29, 1.82) is 0 Å². The third kappa shape index (κ3) is 3.55. The van der Waals surface area contributed by atoms with E-state index < -0.39 is 0 Å². The first-order chi connectivity index (χ1) is 9.49. The van der Waals surface area contributed by atoms with Crippen LogP contribution in [0.4, 0.5) is 0 Å². The van der Waals surface area contributed by atoms with Crippen molar-refractivity contribution in [2.75, 3.05) is 26.2 Å². The Morgan fingerprint density at radius 1 is 1.20 bits per heavy atom. The number of nitrogens with one attached hydrogen (secondary N) is 1. The van der Waals surface area contributed by atoms with Crippen LogP contribution >= 0.6 is 0 Å². The summed E-state index contributed by atoms with van der Waals surface area (Å²) in [5.74, 6) is 1.31. The van der Waals surface area contributed by atoms with Gasteiger partial charge in [0.1, 0.15) is 0 Å². The van der Waals surface area contributed by atoms with Gasteiger partial charge in [-0.25, -0.2) is 0 Å². The molecule has 3 atom stereocenters. The van der Waals surface area contributed by atoms with E-state index in [9.17, 15) is 5.11 Å². The van der Waals surface area contributed by atoms with E-state index in [2.05, 4.69) is 37.9 Å². The van der Waals surface area contributed by atoms with Gasteiger partial charge in [0.25, 0.3) is 0 Å². The summed E-state index contributed by atoms with van der Waals surface area (Å²) in [7, 11) is 0. The fourth-order valence-corrected chi connectivity index (χ4v) is 4.13. The summed E-state index contributed by atoms with van der Waals surface area (Å²) in [6, 6.07) is 0.562. The lowest BCUT2D eigenvalue weighted by Gasteiger charge is -2.37. The Balaban J connectivity index is 1.92. The molecule has 1 aliphatic heterocycles. The topological polar surface area (TPSA) is 35.5 Å². The molecule has 0 radical (unpaired) electrons. The lowest BCUT2D eigenvalue weighted by atomic mass is 9.81. The molecule has 1 saturated heterocycles. The summed E-state index contributed by atoms with van der Waals surface area (Å²) in [5.41, 5.74) is 0.397. The molecule has 0 bridgehead atoms. The zero-order valence-corrected chi connectivity index (χ0v) is 13.9. The van der Waals surface area contributed by atoms with Crippen LogP contribution in [0.2, 0.25) is 0 Å². The molecule has 3 unspecified atom stereocenters. The van der Waals surface area contributed by atoms with Crippen LogP contribution in [0.25, 0.3) is 0 Å². The summed E-state index contributed by atoms with van der Waals surface area (Å²) >= 11 is 0. The third-order valence-corrected chi connectivity index (χ3v) is 5.84. The maximum absolute atomic E-state index is 10.1. The molecule has 0 aromatic heterocycles. The third-order valence-electron chi connectivity index (χ3n) is 5.84. The highest BCUT2D eigenvalue weighted by molar-refractivity contribution is 4.96. The molecule has 3 heteroatoms. The summed E-state index contributed by atoms with van der Waals surface area (Å²) in [5, 5.41) is 13.7. The van der Waals surface area contributed by atoms with Gasteiger partial charge in [-0.3, -0.25) is 0 Å². The van der Waals surface area contributed by atoms with Gasteiger partial charge >= 0.3 is 0 Å². The monoisotopic (exact) mass is 282 g/mol. The van der Waals surface area contributed by atoms with Crippen molar-refractivity contribution in [1.82, 2.24) is 10.2 Å². The largest absolute Gasteiger partial charge is 0.393 e. The molecule has 0 amide bonds. The van der Waals surface area contributed by atoms with Crippen molar-refractivity contribution >= 4 is 0 Å². The Morgan fingerprint density at radius 3 is 2.45 bits per heavy atom. The van der Waals surface area contributed by atoms with Gasteiger partial charge in [-0.05, 0) is 37.0 Å². The molecule has 1 aliphatic carbocycles. The predicted molar refractivity (Wildman–Crippen MR) is 84.8 cm³/mol. The molecule has 0 spiro atoms. The molecule has 0 aromatic rings. The van der Waals surface area contributed by atoms with Crippen molar-refractivity contribution in [3.8, 4) is 0 Å². The molecule has 2 aliphatic rings. The first kappa shape index (κ1) is 16.3. The summed E-state index contributed by atoms with van der Waals surface area (Å²) in [4.78, 5) is 2.63. The van der Waals surface area contributed by atoms with Gasteiger partial charge < -0.3 is 15.3 Å². The molecule has 1 saturated carbocycles. The zero-order chi connectivity index (χ0) is 14.8. The van der Waals surface area contributed by atoms with Crippen LogP contribution in [0.15, 0.2) is 0 Å². The second-order valence-electron chi connectivity index (χ2n) is 7.51. The molecule has 1 heterocycles. The standard InChI is InChI=1S/C17H34N2O/c1-5-17(6-2,11-18-13(3)4)12-19-9-14-7-8-16(20)15(14)10-19/h13-16,18,20H,5-12H2,1-4H3. The van der Waals surface area contributed by atoms with E-state index in [1.54, 1.807) is 0 Å². The highest BCUT2D eigenvalue weighted by Gasteiger charge is 2.43. The molecule has 0 aromatic carbocycles. The van der Waals surface area contributed by atoms with Crippen molar-refractivity contribution in [2.45, 2.75) is 65.5 Å². The number of likely N-dealkylation sites (tertiary alicyclic amines) is 1. The fraction of sp³-hybridized carbons (Fsp3) is 1.00. The van der Waals surface area contributed by atoms with Crippen molar-refractivity contribution in [2.24, 2.45) is 17.3 Å². The molecular weight excluding hydrogens is 248 g/mol. The quantitative estimate of drug-likeness (QED) is 0.753. The van der Waals surface area contributed by atoms with Gasteiger partial charge in [0.15, 0.2) is 0 Å². The van der Waals surface area contributed by atoms with Crippen LogP contribution in [0.3, 0.4) is 0 Å². The SMILES string of the molecule is CCC(CC)(CNC(C)C)CN1CC2CCC(O)C2C1. The lowest BCUT2D eigenvalue weighted by molar-refractivity contribution is 0.108. The Morgan fingerprint density at radius 2 is 1.90 bits per heavy atom. The minimum absolute atomic E-state index is 0.0311. The van der Waals surface area contributed by atoms with Gasteiger partial charge in [0.2, 0.25) is 0 Å². The highest BCUT2D eigenvalue weighted by Crippen LogP contribution is 2.40.